The standard InChI is InChI=1S/C15H13NO5/c17-11-7-6-10(8-12(11)18)14(19)16-13(15(20)21)9-4-2-1-3-5-9/h1-8,13,17-18H,(H,16,19)(H,20,21)/t13-/m1/s1. The molecule has 0 unspecified atom stereocenters. The van der Waals surface area contributed by atoms with Gasteiger partial charge in [0.15, 0.2) is 17.5 Å². The van der Waals surface area contributed by atoms with Gasteiger partial charge in [0.2, 0.25) is 0 Å². The summed E-state index contributed by atoms with van der Waals surface area (Å²) < 4.78 is 0. The second-order valence-corrected chi connectivity index (χ2v) is 4.36. The summed E-state index contributed by atoms with van der Waals surface area (Å²) >= 11 is 0. The number of hydrogen-bond donors (Lipinski definition) is 4. The van der Waals surface area contributed by atoms with E-state index in [2.05, 4.69) is 5.32 Å². The fourth-order valence-electron chi connectivity index (χ4n) is 1.81. The van der Waals surface area contributed by atoms with E-state index in [0.29, 0.717) is 5.56 Å². The number of hydrogen-bond acceptors (Lipinski definition) is 4. The first-order valence-electron chi connectivity index (χ1n) is 6.09. The Morgan fingerprint density at radius 3 is 2.19 bits per heavy atom. The van der Waals surface area contributed by atoms with Gasteiger partial charge in [-0.25, -0.2) is 4.79 Å². The first-order chi connectivity index (χ1) is 9.99. The maximum Gasteiger partial charge on any atom is 0.330 e. The summed E-state index contributed by atoms with van der Waals surface area (Å²) in [5, 5.41) is 30.1. The average Bonchev–Trinajstić information content (AvgIpc) is 2.48. The number of benzene rings is 2. The molecular weight excluding hydrogens is 274 g/mol. The first-order valence-corrected chi connectivity index (χ1v) is 6.09. The number of nitrogens with one attached hydrogen (secondary N) is 1. The number of amides is 1. The van der Waals surface area contributed by atoms with Crippen LogP contribution in [0.15, 0.2) is 48.5 Å². The van der Waals surface area contributed by atoms with Crippen LogP contribution >= 0.6 is 0 Å². The van der Waals surface area contributed by atoms with Crippen molar-refractivity contribution in [3.63, 3.8) is 0 Å². The predicted molar refractivity (Wildman–Crippen MR) is 74.1 cm³/mol. The minimum atomic E-state index is -1.20. The van der Waals surface area contributed by atoms with Crippen molar-refractivity contribution in [1.29, 1.82) is 0 Å². The maximum atomic E-state index is 12.0. The molecule has 6 heteroatoms. The summed E-state index contributed by atoms with van der Waals surface area (Å²) in [5.41, 5.74) is 0.480. The van der Waals surface area contributed by atoms with Crippen molar-refractivity contribution in [2.24, 2.45) is 0 Å². The second kappa shape index (κ2) is 5.96. The maximum absolute atomic E-state index is 12.0. The smallest absolute Gasteiger partial charge is 0.330 e. The highest BCUT2D eigenvalue weighted by atomic mass is 16.4. The van der Waals surface area contributed by atoms with Crippen LogP contribution in [0.25, 0.3) is 0 Å². The Labute approximate surface area is 120 Å². The van der Waals surface area contributed by atoms with Crippen molar-refractivity contribution in [3.05, 3.63) is 59.7 Å². The molecule has 2 aromatic carbocycles. The molecule has 2 rings (SSSR count). The molecule has 0 fully saturated rings. The molecule has 0 heterocycles. The Morgan fingerprint density at radius 2 is 1.62 bits per heavy atom. The third kappa shape index (κ3) is 3.30. The summed E-state index contributed by atoms with van der Waals surface area (Å²) in [6.07, 6.45) is 0. The fraction of sp³-hybridized carbons (Fsp3) is 0.0667. The molecule has 0 aliphatic rings. The van der Waals surface area contributed by atoms with E-state index in [9.17, 15) is 24.9 Å². The highest BCUT2D eigenvalue weighted by molar-refractivity contribution is 5.97. The van der Waals surface area contributed by atoms with E-state index in [-0.39, 0.29) is 11.3 Å². The molecule has 1 amide bonds. The molecule has 0 aromatic heterocycles. The van der Waals surface area contributed by atoms with E-state index in [4.69, 9.17) is 0 Å². The molecule has 21 heavy (non-hydrogen) atoms. The summed E-state index contributed by atoms with van der Waals surface area (Å²) in [6.45, 7) is 0. The lowest BCUT2D eigenvalue weighted by Crippen LogP contribution is -2.33. The van der Waals surface area contributed by atoms with Crippen molar-refractivity contribution in [1.82, 2.24) is 5.32 Å². The molecule has 1 atom stereocenters. The zero-order valence-corrected chi connectivity index (χ0v) is 10.9. The zero-order chi connectivity index (χ0) is 15.4. The van der Waals surface area contributed by atoms with Gasteiger partial charge >= 0.3 is 5.97 Å². The number of rotatable bonds is 4. The average molecular weight is 287 g/mol. The van der Waals surface area contributed by atoms with Gasteiger partial charge in [-0.05, 0) is 23.8 Å². The zero-order valence-electron chi connectivity index (χ0n) is 10.9. The molecule has 0 aliphatic heterocycles. The van der Waals surface area contributed by atoms with Crippen LogP contribution in [0.1, 0.15) is 22.0 Å². The summed E-state index contributed by atoms with van der Waals surface area (Å²) in [5.74, 6) is -2.67. The fourth-order valence-corrected chi connectivity index (χ4v) is 1.81. The molecule has 4 N–H and O–H groups in total. The number of carboxylic acid groups (broad SMARTS) is 1. The molecule has 0 radical (unpaired) electrons. The van der Waals surface area contributed by atoms with Gasteiger partial charge < -0.3 is 20.6 Å². The number of aliphatic carboxylic acids is 1. The van der Waals surface area contributed by atoms with E-state index in [1.165, 1.54) is 6.07 Å². The van der Waals surface area contributed by atoms with Gasteiger partial charge in [0.25, 0.3) is 5.91 Å². The van der Waals surface area contributed by atoms with Gasteiger partial charge in [-0.1, -0.05) is 30.3 Å². The van der Waals surface area contributed by atoms with Crippen molar-refractivity contribution in [2.75, 3.05) is 0 Å². The van der Waals surface area contributed by atoms with Crippen LogP contribution in [-0.2, 0) is 4.79 Å². The van der Waals surface area contributed by atoms with Gasteiger partial charge in [-0.2, -0.15) is 0 Å². The molecule has 108 valence electrons. The Balaban J connectivity index is 2.23. The Bertz CT molecular complexity index is 669. The third-order valence-electron chi connectivity index (χ3n) is 2.89. The number of carbonyl (C=O) groups is 2. The topological polar surface area (TPSA) is 107 Å². The van der Waals surface area contributed by atoms with Gasteiger partial charge in [-0.3, -0.25) is 4.79 Å². The van der Waals surface area contributed by atoms with Crippen LogP contribution in [-0.4, -0.2) is 27.2 Å². The van der Waals surface area contributed by atoms with E-state index >= 15 is 0 Å². The SMILES string of the molecule is O=C(N[C@@H](C(=O)O)c1ccccc1)c1ccc(O)c(O)c1. The van der Waals surface area contributed by atoms with E-state index in [1.807, 2.05) is 0 Å². The van der Waals surface area contributed by atoms with Gasteiger partial charge in [-0.15, -0.1) is 0 Å². The normalized spacial score (nSPS) is 11.6. The number of aromatic hydroxyl groups is 2. The van der Waals surface area contributed by atoms with Crippen LogP contribution in [0, 0.1) is 0 Å². The van der Waals surface area contributed by atoms with Crippen molar-refractivity contribution >= 4 is 11.9 Å². The Hall–Kier alpha value is -3.02. The summed E-state index contributed by atoms with van der Waals surface area (Å²) in [6, 6.07) is 10.6. The number of carboxylic acids is 1. The number of phenolic OH excluding ortho intramolecular Hbond substituents is 2. The monoisotopic (exact) mass is 287 g/mol. The van der Waals surface area contributed by atoms with E-state index in [0.717, 1.165) is 12.1 Å². The van der Waals surface area contributed by atoms with Crippen LogP contribution < -0.4 is 5.32 Å². The van der Waals surface area contributed by atoms with E-state index in [1.54, 1.807) is 30.3 Å². The second-order valence-electron chi connectivity index (χ2n) is 4.36. The molecule has 0 spiro atoms. The Kier molecular flexibility index (Phi) is 4.08. The number of phenols is 2. The minimum Gasteiger partial charge on any atom is -0.504 e. The number of carbonyl (C=O) groups excluding carboxylic acids is 1. The minimum absolute atomic E-state index is 0.0486. The highest BCUT2D eigenvalue weighted by Crippen LogP contribution is 2.25. The Morgan fingerprint density at radius 1 is 0.952 bits per heavy atom. The molecule has 0 saturated carbocycles. The molecule has 2 aromatic rings. The van der Waals surface area contributed by atoms with E-state index < -0.39 is 23.7 Å². The molecule has 6 nitrogen and oxygen atoms in total. The van der Waals surface area contributed by atoms with Crippen LogP contribution in [0.2, 0.25) is 0 Å². The van der Waals surface area contributed by atoms with Crippen molar-refractivity contribution in [3.8, 4) is 11.5 Å². The van der Waals surface area contributed by atoms with Gasteiger partial charge in [0.05, 0.1) is 0 Å². The first kappa shape index (κ1) is 14.4. The van der Waals surface area contributed by atoms with Crippen LogP contribution in [0.3, 0.4) is 0 Å². The lowest BCUT2D eigenvalue weighted by Gasteiger charge is -2.15. The lowest BCUT2D eigenvalue weighted by atomic mass is 10.1. The summed E-state index contributed by atoms with van der Waals surface area (Å²) in [7, 11) is 0. The van der Waals surface area contributed by atoms with Crippen LogP contribution in [0.5, 0.6) is 11.5 Å². The molecule has 0 aliphatic carbocycles. The van der Waals surface area contributed by atoms with Crippen molar-refractivity contribution < 1.29 is 24.9 Å². The highest BCUT2D eigenvalue weighted by Gasteiger charge is 2.22. The third-order valence-corrected chi connectivity index (χ3v) is 2.89. The quantitative estimate of drug-likeness (QED) is 0.640. The molecule has 0 saturated heterocycles. The predicted octanol–water partition coefficient (Wildman–Crippen LogP) is 1.65. The van der Waals surface area contributed by atoms with Crippen molar-refractivity contribution in [2.45, 2.75) is 6.04 Å². The molecular formula is C15H13NO5. The van der Waals surface area contributed by atoms with Gasteiger partial charge in [0, 0.05) is 5.56 Å². The van der Waals surface area contributed by atoms with Gasteiger partial charge in [0.1, 0.15) is 0 Å². The summed E-state index contributed by atoms with van der Waals surface area (Å²) in [4.78, 5) is 23.3. The largest absolute Gasteiger partial charge is 0.504 e. The molecule has 0 bridgehead atoms. The van der Waals surface area contributed by atoms with Crippen LogP contribution in [0.4, 0.5) is 0 Å². The lowest BCUT2D eigenvalue weighted by molar-refractivity contribution is -0.139.